The van der Waals surface area contributed by atoms with Gasteiger partial charge in [0, 0.05) is 12.8 Å². The first kappa shape index (κ1) is 80.1. The monoisotopic (exact) mass is 1150 g/mol. The summed E-state index contributed by atoms with van der Waals surface area (Å²) in [4.78, 5) is 24.5. The van der Waals surface area contributed by atoms with Crippen LogP contribution in [0.25, 0.3) is 0 Å². The van der Waals surface area contributed by atoms with E-state index in [0.29, 0.717) is 19.4 Å². The highest BCUT2D eigenvalue weighted by atomic mass is 16.5. The summed E-state index contributed by atoms with van der Waals surface area (Å²) in [6.07, 6.45) is 92.5. The summed E-state index contributed by atoms with van der Waals surface area (Å²) in [6, 6.07) is -0.628. The molecule has 0 heterocycles. The van der Waals surface area contributed by atoms with Crippen molar-refractivity contribution in [2.45, 2.75) is 424 Å². The first-order chi connectivity index (χ1) is 40.5. The molecule has 0 aliphatic heterocycles. The minimum atomic E-state index is -0.844. The molecule has 82 heavy (non-hydrogen) atoms. The van der Waals surface area contributed by atoms with Gasteiger partial charge in [0.25, 0.3) is 0 Å². The number of hydrogen-bond donors (Lipinski definition) is 3. The lowest BCUT2D eigenvalue weighted by Gasteiger charge is -2.20. The highest BCUT2D eigenvalue weighted by molar-refractivity contribution is 5.76. The van der Waals surface area contributed by atoms with Crippen LogP contribution in [-0.4, -0.2) is 47.4 Å². The van der Waals surface area contributed by atoms with Gasteiger partial charge in [-0.05, 0) is 64.2 Å². The Kier molecular flexibility index (Phi) is 69.9. The van der Waals surface area contributed by atoms with Crippen LogP contribution in [0.4, 0.5) is 0 Å². The molecule has 0 fully saturated rings. The summed E-state index contributed by atoms with van der Waals surface area (Å²) in [5.41, 5.74) is 0. The van der Waals surface area contributed by atoms with Gasteiger partial charge in [-0.1, -0.05) is 371 Å². The molecule has 0 saturated carbocycles. The van der Waals surface area contributed by atoms with E-state index >= 15 is 0 Å². The maximum absolute atomic E-state index is 12.5. The topological polar surface area (TPSA) is 95.9 Å². The van der Waals surface area contributed by atoms with E-state index in [1.807, 2.05) is 6.08 Å². The van der Waals surface area contributed by atoms with Crippen LogP contribution in [0.2, 0.25) is 0 Å². The Morgan fingerprint density at radius 1 is 0.341 bits per heavy atom. The number of carbonyl (C=O) groups is 2. The highest BCUT2D eigenvalue weighted by Crippen LogP contribution is 2.19. The van der Waals surface area contributed by atoms with Gasteiger partial charge in [-0.25, -0.2) is 0 Å². The molecule has 0 spiro atoms. The van der Waals surface area contributed by atoms with Crippen molar-refractivity contribution in [2.24, 2.45) is 0 Å². The number of ether oxygens (including phenoxy) is 1. The maximum Gasteiger partial charge on any atom is 0.305 e. The Morgan fingerprint density at radius 3 is 0.927 bits per heavy atom. The van der Waals surface area contributed by atoms with E-state index in [9.17, 15) is 19.8 Å². The molecule has 0 aromatic carbocycles. The third kappa shape index (κ3) is 67.2. The smallest absolute Gasteiger partial charge is 0.305 e. The van der Waals surface area contributed by atoms with Crippen molar-refractivity contribution in [2.75, 3.05) is 13.2 Å². The summed E-state index contributed by atoms with van der Waals surface area (Å²) in [7, 11) is 0. The van der Waals surface area contributed by atoms with Gasteiger partial charge >= 0.3 is 5.97 Å². The Balaban J connectivity index is 3.41. The highest BCUT2D eigenvalue weighted by Gasteiger charge is 2.18. The number of unbranched alkanes of at least 4 members (excludes halogenated alkanes) is 55. The number of hydrogen-bond acceptors (Lipinski definition) is 5. The molecule has 0 aliphatic carbocycles. The number of esters is 1. The molecule has 0 radical (unpaired) electrons. The van der Waals surface area contributed by atoms with Gasteiger partial charge in [0.05, 0.1) is 25.4 Å². The fraction of sp³-hybridized carbons (Fsp3) is 0.895. The minimum Gasteiger partial charge on any atom is -0.466 e. The summed E-state index contributed by atoms with van der Waals surface area (Å²) < 4.78 is 5.47. The molecule has 484 valence electrons. The van der Waals surface area contributed by atoms with Gasteiger partial charge in [0.15, 0.2) is 0 Å². The van der Waals surface area contributed by atoms with Gasteiger partial charge in [-0.3, -0.25) is 9.59 Å². The van der Waals surface area contributed by atoms with Crippen molar-refractivity contribution >= 4 is 11.9 Å². The van der Waals surface area contributed by atoms with Gasteiger partial charge in [0.2, 0.25) is 5.91 Å². The molecular formula is C76H145NO5. The van der Waals surface area contributed by atoms with Crippen LogP contribution < -0.4 is 5.32 Å². The van der Waals surface area contributed by atoms with E-state index in [0.717, 1.165) is 44.9 Å². The molecule has 0 aromatic heterocycles. The molecule has 2 unspecified atom stereocenters. The molecule has 6 nitrogen and oxygen atoms in total. The first-order valence-corrected chi connectivity index (χ1v) is 37.3. The summed E-state index contributed by atoms with van der Waals surface area (Å²) in [6.45, 7) is 4.94. The second-order valence-corrected chi connectivity index (χ2v) is 25.6. The largest absolute Gasteiger partial charge is 0.466 e. The quantitative estimate of drug-likeness (QED) is 0.0320. The fourth-order valence-electron chi connectivity index (χ4n) is 11.7. The van der Waals surface area contributed by atoms with Gasteiger partial charge < -0.3 is 20.3 Å². The molecule has 3 N–H and O–H groups in total. The standard InChI is InChI=1S/C76H145NO5/c1-3-5-7-9-11-13-15-16-17-18-19-33-36-39-42-45-49-52-56-60-64-68-74(79)73(72-78)77-75(80)69-65-61-57-53-50-46-43-40-37-34-31-29-27-25-23-21-20-22-24-26-28-30-32-35-38-41-44-47-51-55-59-63-67-71-82-76(81)70-66-62-58-54-48-14-12-10-8-6-4-2/h24,26,30,32,64,68,73-74,78-79H,3-23,25,27-29,31,33-63,65-67,69-72H2,1-2H3,(H,77,80)/b26-24-,32-30-,68-64+. The molecule has 0 bridgehead atoms. The second kappa shape index (κ2) is 71.6. The molecule has 1 amide bonds. The van der Waals surface area contributed by atoms with E-state index in [-0.39, 0.29) is 18.5 Å². The normalized spacial score (nSPS) is 12.7. The van der Waals surface area contributed by atoms with Crippen LogP contribution >= 0.6 is 0 Å². The fourth-order valence-corrected chi connectivity index (χ4v) is 11.7. The summed E-state index contributed by atoms with van der Waals surface area (Å²) in [5, 5.41) is 23.3. The van der Waals surface area contributed by atoms with Gasteiger partial charge in [-0.15, -0.1) is 0 Å². The van der Waals surface area contributed by atoms with Gasteiger partial charge in [0.1, 0.15) is 0 Å². The predicted octanol–water partition coefficient (Wildman–Crippen LogP) is 24.3. The zero-order valence-electron chi connectivity index (χ0n) is 55.5. The Bertz CT molecular complexity index is 1330. The Morgan fingerprint density at radius 2 is 0.610 bits per heavy atom. The Labute approximate surface area is 513 Å². The van der Waals surface area contributed by atoms with Crippen LogP contribution in [0.3, 0.4) is 0 Å². The third-order valence-electron chi connectivity index (χ3n) is 17.4. The van der Waals surface area contributed by atoms with Crippen LogP contribution in [-0.2, 0) is 14.3 Å². The van der Waals surface area contributed by atoms with E-state index in [4.69, 9.17) is 4.74 Å². The average Bonchev–Trinajstić information content (AvgIpc) is 3.48. The molecule has 0 aromatic rings. The number of carbonyl (C=O) groups excluding carboxylic acids is 2. The zero-order valence-corrected chi connectivity index (χ0v) is 55.5. The van der Waals surface area contributed by atoms with Crippen LogP contribution in [0, 0.1) is 0 Å². The number of aliphatic hydroxyl groups excluding tert-OH is 2. The number of aliphatic hydroxyl groups is 2. The molecule has 0 rings (SSSR count). The van der Waals surface area contributed by atoms with E-state index in [2.05, 4.69) is 43.5 Å². The molecule has 0 aliphatic rings. The van der Waals surface area contributed by atoms with E-state index in [1.165, 1.54) is 340 Å². The van der Waals surface area contributed by atoms with E-state index < -0.39 is 12.1 Å². The molecule has 0 saturated heterocycles. The average molecular weight is 1150 g/mol. The maximum atomic E-state index is 12.5. The summed E-state index contributed by atoms with van der Waals surface area (Å²) >= 11 is 0. The molecular weight excluding hydrogens is 1010 g/mol. The van der Waals surface area contributed by atoms with Crippen molar-refractivity contribution in [3.63, 3.8) is 0 Å². The predicted molar refractivity (Wildman–Crippen MR) is 361 cm³/mol. The Hall–Kier alpha value is -1.92. The van der Waals surface area contributed by atoms with Crippen molar-refractivity contribution in [1.82, 2.24) is 5.32 Å². The van der Waals surface area contributed by atoms with Crippen molar-refractivity contribution in [3.05, 3.63) is 36.5 Å². The number of amides is 1. The number of allylic oxidation sites excluding steroid dienone is 5. The third-order valence-corrected chi connectivity index (χ3v) is 17.4. The van der Waals surface area contributed by atoms with E-state index in [1.54, 1.807) is 6.08 Å². The number of nitrogens with one attached hydrogen (secondary N) is 1. The number of rotatable bonds is 70. The zero-order chi connectivity index (χ0) is 59.2. The first-order valence-electron chi connectivity index (χ1n) is 37.3. The van der Waals surface area contributed by atoms with Crippen molar-refractivity contribution in [1.29, 1.82) is 0 Å². The van der Waals surface area contributed by atoms with Crippen molar-refractivity contribution < 1.29 is 24.5 Å². The van der Waals surface area contributed by atoms with Crippen molar-refractivity contribution in [3.8, 4) is 0 Å². The minimum absolute atomic E-state index is 0.0141. The van der Waals surface area contributed by atoms with Gasteiger partial charge in [-0.2, -0.15) is 0 Å². The lowest BCUT2D eigenvalue weighted by Crippen LogP contribution is -2.45. The SMILES string of the molecule is CCCCCCCCCCCCCCCCCCCCC/C=C/C(O)C(CO)NC(=O)CCCCCCCCCCCCCCCCCCC/C=C\C/C=C\CCCCCCCCCCCOC(=O)CCCCCCCCCCCCC. The second-order valence-electron chi connectivity index (χ2n) is 25.6. The lowest BCUT2D eigenvalue weighted by atomic mass is 10.0. The van der Waals surface area contributed by atoms with Crippen LogP contribution in [0.15, 0.2) is 36.5 Å². The molecule has 2 atom stereocenters. The lowest BCUT2D eigenvalue weighted by molar-refractivity contribution is -0.143. The van der Waals surface area contributed by atoms with Crippen LogP contribution in [0.1, 0.15) is 412 Å². The van der Waals surface area contributed by atoms with Crippen LogP contribution in [0.5, 0.6) is 0 Å². The summed E-state index contributed by atoms with van der Waals surface area (Å²) in [5.74, 6) is -0.0479. The molecule has 6 heteroatoms.